The molecule has 0 unspecified atom stereocenters. The number of ether oxygens (including phenoxy) is 1. The summed E-state index contributed by atoms with van der Waals surface area (Å²) in [6.07, 6.45) is 2.79. The van der Waals surface area contributed by atoms with E-state index in [2.05, 4.69) is 29.4 Å². The Morgan fingerprint density at radius 3 is 2.76 bits per heavy atom. The van der Waals surface area contributed by atoms with Crippen molar-refractivity contribution in [1.82, 2.24) is 4.98 Å². The van der Waals surface area contributed by atoms with E-state index in [0.29, 0.717) is 16.9 Å². The lowest BCUT2D eigenvalue weighted by Crippen LogP contribution is -2.01. The van der Waals surface area contributed by atoms with Crippen molar-refractivity contribution in [3.63, 3.8) is 0 Å². The Balaban J connectivity index is 1.81. The van der Waals surface area contributed by atoms with E-state index in [-0.39, 0.29) is 0 Å². The lowest BCUT2D eigenvalue weighted by molar-refractivity contribution is 0.289. The molecule has 6 heteroatoms. The van der Waals surface area contributed by atoms with Gasteiger partial charge < -0.3 is 10.5 Å². The predicted octanol–water partition coefficient (Wildman–Crippen LogP) is 3.60. The number of nitrogens with zero attached hydrogens (tertiary/aromatic N) is 2. The number of nitrogens with one attached hydrogen (secondary N) is 1. The van der Waals surface area contributed by atoms with Crippen LogP contribution >= 0.6 is 11.3 Å². The summed E-state index contributed by atoms with van der Waals surface area (Å²) in [7, 11) is 0. The number of hydrogen-bond donors (Lipinski definition) is 2. The maximum absolute atomic E-state index is 5.67. The molecule has 2 rings (SSSR count). The first-order valence-electron chi connectivity index (χ1n) is 6.86. The topological polar surface area (TPSA) is 72.5 Å². The van der Waals surface area contributed by atoms with Crippen molar-refractivity contribution < 1.29 is 4.74 Å². The second-order valence-electron chi connectivity index (χ2n) is 5.05. The maximum atomic E-state index is 5.67. The molecule has 1 heterocycles. The van der Waals surface area contributed by atoms with Gasteiger partial charge in [0.1, 0.15) is 11.6 Å². The van der Waals surface area contributed by atoms with Crippen LogP contribution in [0.25, 0.3) is 0 Å². The van der Waals surface area contributed by atoms with Crippen molar-refractivity contribution in [3.05, 3.63) is 35.2 Å². The van der Waals surface area contributed by atoms with Crippen molar-refractivity contribution in [2.75, 3.05) is 17.8 Å². The van der Waals surface area contributed by atoms with E-state index in [0.717, 1.165) is 24.3 Å². The van der Waals surface area contributed by atoms with Gasteiger partial charge in [-0.1, -0.05) is 13.8 Å². The average Bonchev–Trinajstić information content (AvgIpc) is 2.86. The number of anilines is 2. The minimum Gasteiger partial charge on any atom is -0.494 e. The standard InChI is InChI=1S/C15H20N4OS/c1-11(2)7-8-20-13-5-3-12(4-6-13)9-17-19-15-18-14(16)10-21-15/h3-6,9-11H,7-8,16H2,1-2H3,(H,18,19). The van der Waals surface area contributed by atoms with Crippen LogP contribution in [0, 0.1) is 5.92 Å². The van der Waals surface area contributed by atoms with Gasteiger partial charge in [0.15, 0.2) is 0 Å². The Hall–Kier alpha value is -2.08. The molecule has 0 bridgehead atoms. The van der Waals surface area contributed by atoms with Crippen LogP contribution in [0.1, 0.15) is 25.8 Å². The number of hydrogen-bond acceptors (Lipinski definition) is 6. The van der Waals surface area contributed by atoms with Crippen LogP contribution in [0.15, 0.2) is 34.7 Å². The largest absolute Gasteiger partial charge is 0.494 e. The van der Waals surface area contributed by atoms with E-state index >= 15 is 0 Å². The molecule has 0 aliphatic carbocycles. The number of nitrogen functional groups attached to an aromatic ring is 1. The van der Waals surface area contributed by atoms with Gasteiger partial charge in [0.25, 0.3) is 0 Å². The fourth-order valence-corrected chi connectivity index (χ4v) is 2.11. The molecule has 0 spiro atoms. The van der Waals surface area contributed by atoms with Gasteiger partial charge in [-0.3, -0.25) is 5.43 Å². The molecule has 112 valence electrons. The van der Waals surface area contributed by atoms with Gasteiger partial charge in [-0.05, 0) is 42.2 Å². The van der Waals surface area contributed by atoms with Gasteiger partial charge in [0, 0.05) is 5.38 Å². The molecular formula is C15H20N4OS. The molecule has 1 aromatic carbocycles. The third-order valence-corrected chi connectivity index (χ3v) is 3.50. The van der Waals surface area contributed by atoms with Crippen molar-refractivity contribution in [2.24, 2.45) is 11.0 Å². The molecule has 3 N–H and O–H groups in total. The quantitative estimate of drug-likeness (QED) is 0.605. The third-order valence-electron chi connectivity index (χ3n) is 2.74. The molecule has 2 aromatic rings. The van der Waals surface area contributed by atoms with Crippen LogP contribution in [-0.4, -0.2) is 17.8 Å². The fourth-order valence-electron chi connectivity index (χ4n) is 1.56. The zero-order valence-electron chi connectivity index (χ0n) is 12.2. The summed E-state index contributed by atoms with van der Waals surface area (Å²) in [5.74, 6) is 2.04. The first-order chi connectivity index (χ1) is 10.1. The molecule has 0 aliphatic rings. The Morgan fingerprint density at radius 2 is 2.14 bits per heavy atom. The fraction of sp³-hybridized carbons (Fsp3) is 0.333. The minimum absolute atomic E-state index is 0.501. The zero-order chi connectivity index (χ0) is 15.1. The number of aromatic nitrogens is 1. The Bertz CT molecular complexity index is 578. The van der Waals surface area contributed by atoms with E-state index in [4.69, 9.17) is 10.5 Å². The van der Waals surface area contributed by atoms with Crippen molar-refractivity contribution in [2.45, 2.75) is 20.3 Å². The van der Waals surface area contributed by atoms with E-state index in [1.807, 2.05) is 24.3 Å². The minimum atomic E-state index is 0.501. The first-order valence-corrected chi connectivity index (χ1v) is 7.74. The normalized spacial score (nSPS) is 11.2. The van der Waals surface area contributed by atoms with E-state index in [9.17, 15) is 0 Å². The number of nitrogens with two attached hydrogens (primary N) is 1. The Labute approximate surface area is 128 Å². The lowest BCUT2D eigenvalue weighted by Gasteiger charge is -2.07. The predicted molar refractivity (Wildman–Crippen MR) is 89.1 cm³/mol. The summed E-state index contributed by atoms with van der Waals surface area (Å²) in [5.41, 5.74) is 9.36. The molecule has 0 fully saturated rings. The second kappa shape index (κ2) is 7.64. The average molecular weight is 304 g/mol. The second-order valence-corrected chi connectivity index (χ2v) is 5.91. The van der Waals surface area contributed by atoms with Crippen LogP contribution in [-0.2, 0) is 0 Å². The maximum Gasteiger partial charge on any atom is 0.205 e. The summed E-state index contributed by atoms with van der Waals surface area (Å²) in [5, 5.41) is 6.56. The Morgan fingerprint density at radius 1 is 1.38 bits per heavy atom. The molecule has 0 atom stereocenters. The third kappa shape index (κ3) is 5.43. The highest BCUT2D eigenvalue weighted by Gasteiger charge is 1.97. The summed E-state index contributed by atoms with van der Waals surface area (Å²) >= 11 is 1.42. The summed E-state index contributed by atoms with van der Waals surface area (Å²) < 4.78 is 5.67. The van der Waals surface area contributed by atoms with Crippen LogP contribution in [0.5, 0.6) is 5.75 Å². The van der Waals surface area contributed by atoms with Crippen molar-refractivity contribution in [3.8, 4) is 5.75 Å². The molecule has 0 saturated carbocycles. The van der Waals surface area contributed by atoms with E-state index in [1.54, 1.807) is 11.6 Å². The van der Waals surface area contributed by atoms with E-state index < -0.39 is 0 Å². The van der Waals surface area contributed by atoms with Gasteiger partial charge in [-0.15, -0.1) is 11.3 Å². The summed E-state index contributed by atoms with van der Waals surface area (Å²) in [6, 6.07) is 7.82. The zero-order valence-corrected chi connectivity index (χ0v) is 13.1. The lowest BCUT2D eigenvalue weighted by atomic mass is 10.1. The number of hydrazone groups is 1. The molecule has 21 heavy (non-hydrogen) atoms. The van der Waals surface area contributed by atoms with Crippen LogP contribution in [0.2, 0.25) is 0 Å². The van der Waals surface area contributed by atoms with E-state index in [1.165, 1.54) is 11.3 Å². The number of rotatable bonds is 7. The highest BCUT2D eigenvalue weighted by atomic mass is 32.1. The van der Waals surface area contributed by atoms with Crippen LogP contribution in [0.4, 0.5) is 10.9 Å². The molecule has 0 amide bonds. The van der Waals surface area contributed by atoms with Gasteiger partial charge >= 0.3 is 0 Å². The number of thiazole rings is 1. The van der Waals surface area contributed by atoms with Crippen LogP contribution in [0.3, 0.4) is 0 Å². The van der Waals surface area contributed by atoms with Gasteiger partial charge in [-0.25, -0.2) is 4.98 Å². The monoisotopic (exact) mass is 304 g/mol. The van der Waals surface area contributed by atoms with Gasteiger partial charge in [0.05, 0.1) is 12.8 Å². The smallest absolute Gasteiger partial charge is 0.205 e. The van der Waals surface area contributed by atoms with Crippen LogP contribution < -0.4 is 15.9 Å². The highest BCUT2D eigenvalue weighted by molar-refractivity contribution is 7.14. The molecule has 1 aromatic heterocycles. The molecule has 5 nitrogen and oxygen atoms in total. The number of benzene rings is 1. The highest BCUT2D eigenvalue weighted by Crippen LogP contribution is 2.16. The van der Waals surface area contributed by atoms with Crippen molar-refractivity contribution >= 4 is 28.5 Å². The first kappa shape index (κ1) is 15.3. The summed E-state index contributed by atoms with van der Waals surface area (Å²) in [4.78, 5) is 4.06. The summed E-state index contributed by atoms with van der Waals surface area (Å²) in [6.45, 7) is 5.12. The van der Waals surface area contributed by atoms with Crippen molar-refractivity contribution in [1.29, 1.82) is 0 Å². The molecule has 0 radical (unpaired) electrons. The molecule has 0 aliphatic heterocycles. The SMILES string of the molecule is CC(C)CCOc1ccc(C=NNc2nc(N)cs2)cc1. The van der Waals surface area contributed by atoms with Gasteiger partial charge in [0.2, 0.25) is 5.13 Å². The molecule has 0 saturated heterocycles. The van der Waals surface area contributed by atoms with Gasteiger partial charge in [-0.2, -0.15) is 5.10 Å². The Kier molecular flexibility index (Phi) is 5.57. The molecular weight excluding hydrogens is 284 g/mol.